The zero-order chi connectivity index (χ0) is 26.2. The Bertz CT molecular complexity index is 1360. The standard InChI is InChI=1S/C26H25Cl2FN6O2/c27-19-12-32-13-20(28)18(19)14-37-16-1-2-22(30)17(10-16)23(31)15-9-21(29)24(34-11-15)35-7-4-26(5-8-35)3-6-33-25(26)36/h1-2,9-13,31H,3-8,14,30H2,(H,33,36). The van der Waals surface area contributed by atoms with E-state index < -0.39 is 5.82 Å². The van der Waals surface area contributed by atoms with Gasteiger partial charge in [0.1, 0.15) is 12.4 Å². The van der Waals surface area contributed by atoms with Gasteiger partial charge in [0.05, 0.1) is 21.2 Å². The van der Waals surface area contributed by atoms with Crippen molar-refractivity contribution < 1.29 is 13.9 Å². The van der Waals surface area contributed by atoms with Gasteiger partial charge in [0.15, 0.2) is 11.6 Å². The number of anilines is 2. The van der Waals surface area contributed by atoms with Gasteiger partial charge in [-0.3, -0.25) is 15.2 Å². The van der Waals surface area contributed by atoms with Gasteiger partial charge in [0.25, 0.3) is 0 Å². The van der Waals surface area contributed by atoms with Crippen LogP contribution in [0.2, 0.25) is 10.0 Å². The molecule has 0 bridgehead atoms. The molecule has 8 nitrogen and oxygen atoms in total. The number of pyridine rings is 2. The monoisotopic (exact) mass is 542 g/mol. The number of hydrogen-bond donors (Lipinski definition) is 3. The fourth-order valence-electron chi connectivity index (χ4n) is 4.87. The van der Waals surface area contributed by atoms with Crippen molar-refractivity contribution >= 4 is 46.3 Å². The highest BCUT2D eigenvalue weighted by Crippen LogP contribution is 2.39. The molecule has 4 N–H and O–H groups in total. The molecule has 192 valence electrons. The van der Waals surface area contributed by atoms with Crippen LogP contribution in [-0.2, 0) is 11.4 Å². The lowest BCUT2D eigenvalue weighted by atomic mass is 9.77. The largest absolute Gasteiger partial charge is 0.489 e. The molecule has 2 saturated heterocycles. The molecule has 2 aliphatic rings. The summed E-state index contributed by atoms with van der Waals surface area (Å²) < 4.78 is 21.0. The van der Waals surface area contributed by atoms with Crippen molar-refractivity contribution in [3.8, 4) is 5.75 Å². The van der Waals surface area contributed by atoms with Crippen LogP contribution in [0.1, 0.15) is 36.0 Å². The Kier molecular flexibility index (Phi) is 6.92. The first-order valence-electron chi connectivity index (χ1n) is 11.9. The van der Waals surface area contributed by atoms with Crippen LogP contribution >= 0.6 is 23.2 Å². The smallest absolute Gasteiger partial charge is 0.226 e. The number of nitrogens with one attached hydrogen (secondary N) is 2. The number of halogens is 3. The van der Waals surface area contributed by atoms with Gasteiger partial charge >= 0.3 is 0 Å². The molecule has 0 aliphatic carbocycles. The first-order chi connectivity index (χ1) is 17.8. The van der Waals surface area contributed by atoms with Gasteiger partial charge in [0, 0.05) is 60.6 Å². The summed E-state index contributed by atoms with van der Waals surface area (Å²) in [5, 5.41) is 12.3. The molecule has 1 aromatic carbocycles. The number of aromatic nitrogens is 2. The number of hydrogen-bond acceptors (Lipinski definition) is 7. The van der Waals surface area contributed by atoms with E-state index in [0.29, 0.717) is 65.1 Å². The fourth-order valence-corrected chi connectivity index (χ4v) is 5.34. The normalized spacial score (nSPS) is 16.6. The van der Waals surface area contributed by atoms with Crippen LogP contribution < -0.4 is 20.7 Å². The summed E-state index contributed by atoms with van der Waals surface area (Å²) in [6.07, 6.45) is 6.58. The number of nitrogen functional groups attached to an aromatic ring is 1. The molecule has 0 atom stereocenters. The average Bonchev–Trinajstić information content (AvgIpc) is 3.24. The van der Waals surface area contributed by atoms with Crippen molar-refractivity contribution in [3.05, 3.63) is 75.4 Å². The minimum atomic E-state index is -0.526. The second-order valence-electron chi connectivity index (χ2n) is 9.30. The number of amides is 1. The number of rotatable bonds is 6. The number of ether oxygens (including phenoxy) is 1. The molecule has 37 heavy (non-hydrogen) atoms. The van der Waals surface area contributed by atoms with E-state index in [-0.39, 0.29) is 35.0 Å². The van der Waals surface area contributed by atoms with E-state index in [4.69, 9.17) is 39.1 Å². The van der Waals surface area contributed by atoms with Crippen LogP contribution in [-0.4, -0.2) is 41.2 Å². The molecule has 5 rings (SSSR count). The maximum absolute atomic E-state index is 15.2. The Morgan fingerprint density at radius 3 is 2.54 bits per heavy atom. The number of benzene rings is 1. The lowest BCUT2D eigenvalue weighted by molar-refractivity contribution is -0.128. The molecular formula is C26H25Cl2FN6O2. The van der Waals surface area contributed by atoms with Crippen LogP contribution in [0.5, 0.6) is 5.75 Å². The fraction of sp³-hybridized carbons (Fsp3) is 0.308. The molecule has 1 spiro atoms. The van der Waals surface area contributed by atoms with Crippen LogP contribution in [0.25, 0.3) is 0 Å². The van der Waals surface area contributed by atoms with Gasteiger partial charge in [0.2, 0.25) is 5.91 Å². The minimum Gasteiger partial charge on any atom is -0.489 e. The summed E-state index contributed by atoms with van der Waals surface area (Å²) >= 11 is 12.3. The zero-order valence-corrected chi connectivity index (χ0v) is 21.4. The first-order valence-corrected chi connectivity index (χ1v) is 12.6. The summed E-state index contributed by atoms with van der Waals surface area (Å²) in [7, 11) is 0. The molecule has 2 fully saturated rings. The summed E-state index contributed by atoms with van der Waals surface area (Å²) in [4.78, 5) is 22.3. The maximum Gasteiger partial charge on any atom is 0.226 e. The molecule has 2 aromatic heterocycles. The lowest BCUT2D eigenvalue weighted by Crippen LogP contribution is -2.44. The van der Waals surface area contributed by atoms with E-state index in [2.05, 4.69) is 15.3 Å². The number of nitrogens with zero attached hydrogens (tertiary/aromatic N) is 3. The third-order valence-electron chi connectivity index (χ3n) is 7.13. The van der Waals surface area contributed by atoms with E-state index in [1.165, 1.54) is 24.7 Å². The maximum atomic E-state index is 15.2. The lowest BCUT2D eigenvalue weighted by Gasteiger charge is -2.38. The van der Waals surface area contributed by atoms with Crippen molar-refractivity contribution in [1.82, 2.24) is 15.3 Å². The number of carbonyl (C=O) groups excluding carboxylic acids is 1. The third-order valence-corrected chi connectivity index (χ3v) is 7.78. The van der Waals surface area contributed by atoms with Gasteiger partial charge < -0.3 is 20.7 Å². The molecule has 0 radical (unpaired) electrons. The van der Waals surface area contributed by atoms with E-state index in [9.17, 15) is 4.79 Å². The number of nitrogens with two attached hydrogens (primary N) is 1. The van der Waals surface area contributed by atoms with Crippen LogP contribution in [0.4, 0.5) is 15.9 Å². The number of piperidine rings is 1. The van der Waals surface area contributed by atoms with Crippen LogP contribution in [0.3, 0.4) is 0 Å². The zero-order valence-electron chi connectivity index (χ0n) is 19.9. The molecule has 11 heteroatoms. The highest BCUT2D eigenvalue weighted by Gasteiger charge is 2.44. The van der Waals surface area contributed by atoms with Crippen LogP contribution in [0, 0.1) is 16.6 Å². The van der Waals surface area contributed by atoms with Gasteiger partial charge in [-0.05, 0) is 43.5 Å². The highest BCUT2D eigenvalue weighted by molar-refractivity contribution is 6.35. The average molecular weight is 543 g/mol. The Morgan fingerprint density at radius 1 is 1.16 bits per heavy atom. The Morgan fingerprint density at radius 2 is 1.89 bits per heavy atom. The van der Waals surface area contributed by atoms with Gasteiger partial charge in [-0.2, -0.15) is 0 Å². The molecule has 1 amide bonds. The summed E-state index contributed by atoms with van der Waals surface area (Å²) in [5.74, 6) is 0.240. The third kappa shape index (κ3) is 4.93. The SMILES string of the molecule is N=C(c1cnc(N2CCC3(CCNC3=O)CC2)c(F)c1)c1cc(OCc2c(Cl)cncc2Cl)ccc1N. The predicted octanol–water partition coefficient (Wildman–Crippen LogP) is 4.61. The highest BCUT2D eigenvalue weighted by atomic mass is 35.5. The molecule has 0 unspecified atom stereocenters. The minimum absolute atomic E-state index is 0.0149. The topological polar surface area (TPSA) is 117 Å². The van der Waals surface area contributed by atoms with E-state index in [1.54, 1.807) is 18.2 Å². The van der Waals surface area contributed by atoms with E-state index >= 15 is 4.39 Å². The van der Waals surface area contributed by atoms with Crippen molar-refractivity contribution in [2.45, 2.75) is 25.9 Å². The molecule has 0 saturated carbocycles. The van der Waals surface area contributed by atoms with Gasteiger partial charge in [-0.25, -0.2) is 9.37 Å². The van der Waals surface area contributed by atoms with Gasteiger partial charge in [-0.1, -0.05) is 23.2 Å². The van der Waals surface area contributed by atoms with E-state index in [0.717, 1.165) is 6.42 Å². The summed E-state index contributed by atoms with van der Waals surface area (Å²) in [6.45, 7) is 1.89. The quantitative estimate of drug-likeness (QED) is 0.309. The van der Waals surface area contributed by atoms with Crippen molar-refractivity contribution in [1.29, 1.82) is 5.41 Å². The summed E-state index contributed by atoms with van der Waals surface area (Å²) in [6, 6.07) is 6.20. The predicted molar refractivity (Wildman–Crippen MR) is 141 cm³/mol. The molecule has 4 heterocycles. The van der Waals surface area contributed by atoms with Crippen LogP contribution in [0.15, 0.2) is 42.9 Å². The molecular weight excluding hydrogens is 518 g/mol. The van der Waals surface area contributed by atoms with Crippen molar-refractivity contribution in [3.63, 3.8) is 0 Å². The Labute approximate surface area is 223 Å². The summed E-state index contributed by atoms with van der Waals surface area (Å²) in [5.41, 5.74) is 7.41. The Balaban J connectivity index is 1.30. The molecule has 3 aromatic rings. The second kappa shape index (κ2) is 10.1. The van der Waals surface area contributed by atoms with Gasteiger partial charge in [-0.15, -0.1) is 0 Å². The van der Waals surface area contributed by atoms with Crippen molar-refractivity contribution in [2.24, 2.45) is 5.41 Å². The second-order valence-corrected chi connectivity index (χ2v) is 10.1. The molecule has 2 aliphatic heterocycles. The Hall–Kier alpha value is -3.43. The van der Waals surface area contributed by atoms with Crippen molar-refractivity contribution in [2.75, 3.05) is 30.3 Å². The number of carbonyl (C=O) groups is 1. The first kappa shape index (κ1) is 25.2. The van der Waals surface area contributed by atoms with E-state index in [1.807, 2.05) is 4.90 Å².